The molecule has 4 aromatic rings. The van der Waals surface area contributed by atoms with Gasteiger partial charge in [-0.1, -0.05) is 0 Å². The molecular formula is C27H32N2O6. The third kappa shape index (κ3) is 5.11. The summed E-state index contributed by atoms with van der Waals surface area (Å²) >= 11 is 0. The molecule has 0 saturated heterocycles. The van der Waals surface area contributed by atoms with Crippen LogP contribution in [-0.4, -0.2) is 47.5 Å². The van der Waals surface area contributed by atoms with Gasteiger partial charge in [0, 0.05) is 47.4 Å². The molecule has 186 valence electrons. The molecule has 0 aliphatic carbocycles. The van der Waals surface area contributed by atoms with Crippen molar-refractivity contribution >= 4 is 33.7 Å². The van der Waals surface area contributed by atoms with E-state index in [1.807, 2.05) is 49.0 Å². The van der Waals surface area contributed by atoms with Crippen LogP contribution in [0, 0.1) is 0 Å². The number of rotatable bonds is 5. The van der Waals surface area contributed by atoms with E-state index in [2.05, 4.69) is 18.4 Å². The first-order valence-electron chi connectivity index (χ1n) is 11.3. The lowest BCUT2D eigenvalue weighted by molar-refractivity contribution is 0.0593. The lowest BCUT2D eigenvalue weighted by atomic mass is 10.1. The number of carbonyl (C=O) groups is 2. The molecule has 2 aromatic heterocycles. The predicted octanol–water partition coefficient (Wildman–Crippen LogP) is 5.73. The highest BCUT2D eigenvalue weighted by Crippen LogP contribution is 2.30. The number of esters is 2. The summed E-state index contributed by atoms with van der Waals surface area (Å²) in [6.07, 6.45) is 3.88. The smallest absolute Gasteiger partial charge is 0.338 e. The topological polar surface area (TPSA) is 91.9 Å². The SMILES string of the molecule is COC(=O)c1cc(O)cc2c1ccn2C(C)C.COC(=O)c1cc(OC)cc2c1ccn2C(C)C. The van der Waals surface area contributed by atoms with Crippen molar-refractivity contribution in [3.05, 3.63) is 59.9 Å². The van der Waals surface area contributed by atoms with Gasteiger partial charge < -0.3 is 28.5 Å². The van der Waals surface area contributed by atoms with Crippen molar-refractivity contribution in [2.45, 2.75) is 39.8 Å². The molecule has 35 heavy (non-hydrogen) atoms. The minimum atomic E-state index is -0.438. The van der Waals surface area contributed by atoms with Crippen LogP contribution in [0.1, 0.15) is 60.5 Å². The number of aromatic nitrogens is 2. The molecule has 8 heteroatoms. The molecule has 0 bridgehead atoms. The number of phenolic OH excluding ortho intramolecular Hbond substituents is 1. The summed E-state index contributed by atoms with van der Waals surface area (Å²) in [6, 6.07) is 11.1. The molecule has 0 amide bonds. The molecule has 0 unspecified atom stereocenters. The highest BCUT2D eigenvalue weighted by molar-refractivity contribution is 6.05. The summed E-state index contributed by atoms with van der Waals surface area (Å²) in [7, 11) is 4.30. The molecule has 0 spiro atoms. The molecule has 4 rings (SSSR count). The van der Waals surface area contributed by atoms with Crippen LogP contribution in [0.2, 0.25) is 0 Å². The van der Waals surface area contributed by atoms with E-state index in [0.717, 1.165) is 21.8 Å². The van der Waals surface area contributed by atoms with Gasteiger partial charge in [-0.2, -0.15) is 0 Å². The van der Waals surface area contributed by atoms with Crippen LogP contribution >= 0.6 is 0 Å². The highest BCUT2D eigenvalue weighted by Gasteiger charge is 2.17. The van der Waals surface area contributed by atoms with E-state index in [-0.39, 0.29) is 17.8 Å². The molecular weight excluding hydrogens is 448 g/mol. The number of carbonyl (C=O) groups excluding carboxylic acids is 2. The maximum absolute atomic E-state index is 11.8. The minimum absolute atomic E-state index is 0.0681. The van der Waals surface area contributed by atoms with Crippen molar-refractivity contribution in [1.82, 2.24) is 9.13 Å². The van der Waals surface area contributed by atoms with Crippen molar-refractivity contribution in [3.8, 4) is 11.5 Å². The van der Waals surface area contributed by atoms with Gasteiger partial charge in [0.2, 0.25) is 0 Å². The molecule has 0 radical (unpaired) electrons. The number of hydrogen-bond acceptors (Lipinski definition) is 6. The number of ether oxygens (including phenoxy) is 3. The number of phenols is 1. The number of methoxy groups -OCH3 is 3. The van der Waals surface area contributed by atoms with Crippen LogP contribution in [0.15, 0.2) is 48.8 Å². The molecule has 0 aliphatic heterocycles. The van der Waals surface area contributed by atoms with Gasteiger partial charge in [0.25, 0.3) is 0 Å². The van der Waals surface area contributed by atoms with E-state index < -0.39 is 5.97 Å². The first kappa shape index (κ1) is 25.7. The number of nitrogens with zero attached hydrogens (tertiary/aromatic N) is 2. The Bertz CT molecular complexity index is 1360. The van der Waals surface area contributed by atoms with Crippen molar-refractivity contribution < 1.29 is 28.9 Å². The summed E-state index contributed by atoms with van der Waals surface area (Å²) in [5.74, 6) is -0.0604. The average Bonchev–Trinajstić information content (AvgIpc) is 3.46. The summed E-state index contributed by atoms with van der Waals surface area (Å²) in [5.41, 5.74) is 2.73. The number of benzene rings is 2. The van der Waals surface area contributed by atoms with Gasteiger partial charge >= 0.3 is 11.9 Å². The van der Waals surface area contributed by atoms with Gasteiger partial charge in [-0.15, -0.1) is 0 Å². The predicted molar refractivity (Wildman–Crippen MR) is 136 cm³/mol. The molecule has 0 aliphatic rings. The number of hydrogen-bond donors (Lipinski definition) is 1. The molecule has 2 heterocycles. The van der Waals surface area contributed by atoms with Crippen molar-refractivity contribution in [3.63, 3.8) is 0 Å². The molecule has 0 fully saturated rings. The molecule has 8 nitrogen and oxygen atoms in total. The van der Waals surface area contributed by atoms with E-state index in [1.54, 1.807) is 19.2 Å². The van der Waals surface area contributed by atoms with Crippen LogP contribution in [0.4, 0.5) is 0 Å². The van der Waals surface area contributed by atoms with E-state index in [9.17, 15) is 14.7 Å². The Balaban J connectivity index is 0.000000196. The van der Waals surface area contributed by atoms with E-state index in [0.29, 0.717) is 22.9 Å². The zero-order valence-corrected chi connectivity index (χ0v) is 21.2. The summed E-state index contributed by atoms with van der Waals surface area (Å²) in [6.45, 7) is 8.27. The highest BCUT2D eigenvalue weighted by atomic mass is 16.5. The van der Waals surface area contributed by atoms with Crippen molar-refractivity contribution in [2.24, 2.45) is 0 Å². The second-order valence-electron chi connectivity index (χ2n) is 8.65. The molecule has 0 saturated carbocycles. The lowest BCUT2D eigenvalue weighted by Crippen LogP contribution is -2.04. The third-order valence-electron chi connectivity index (χ3n) is 5.79. The van der Waals surface area contributed by atoms with Crippen LogP contribution in [0.25, 0.3) is 21.8 Å². The van der Waals surface area contributed by atoms with Gasteiger partial charge in [-0.05, 0) is 52.0 Å². The van der Waals surface area contributed by atoms with Crippen LogP contribution in [0.5, 0.6) is 11.5 Å². The van der Waals surface area contributed by atoms with Gasteiger partial charge in [0.05, 0.1) is 43.5 Å². The van der Waals surface area contributed by atoms with Gasteiger partial charge in [0.15, 0.2) is 0 Å². The first-order valence-corrected chi connectivity index (χ1v) is 11.3. The first-order chi connectivity index (χ1) is 16.6. The van der Waals surface area contributed by atoms with Gasteiger partial charge in [0.1, 0.15) is 11.5 Å². The number of fused-ring (bicyclic) bond motifs is 2. The Labute approximate surface area is 204 Å². The fourth-order valence-corrected chi connectivity index (χ4v) is 4.06. The average molecular weight is 481 g/mol. The van der Waals surface area contributed by atoms with E-state index in [1.165, 1.54) is 20.3 Å². The second kappa shape index (κ2) is 10.5. The van der Waals surface area contributed by atoms with E-state index >= 15 is 0 Å². The van der Waals surface area contributed by atoms with Crippen molar-refractivity contribution in [2.75, 3.05) is 21.3 Å². The van der Waals surface area contributed by atoms with Crippen LogP contribution in [-0.2, 0) is 9.47 Å². The van der Waals surface area contributed by atoms with Crippen molar-refractivity contribution in [1.29, 1.82) is 0 Å². The monoisotopic (exact) mass is 480 g/mol. The minimum Gasteiger partial charge on any atom is -0.508 e. The quantitative estimate of drug-likeness (QED) is 0.367. The largest absolute Gasteiger partial charge is 0.508 e. The van der Waals surface area contributed by atoms with Gasteiger partial charge in [-0.25, -0.2) is 9.59 Å². The molecule has 1 N–H and O–H groups in total. The Morgan fingerprint density at radius 2 is 1.20 bits per heavy atom. The summed E-state index contributed by atoms with van der Waals surface area (Å²) in [5, 5.41) is 11.3. The number of aromatic hydroxyl groups is 1. The summed E-state index contributed by atoms with van der Waals surface area (Å²) in [4.78, 5) is 23.4. The zero-order valence-electron chi connectivity index (χ0n) is 21.2. The maximum Gasteiger partial charge on any atom is 0.338 e. The molecule has 0 atom stereocenters. The maximum atomic E-state index is 11.8. The summed E-state index contributed by atoms with van der Waals surface area (Å²) < 4.78 is 18.9. The van der Waals surface area contributed by atoms with E-state index in [4.69, 9.17) is 14.2 Å². The van der Waals surface area contributed by atoms with Gasteiger partial charge in [-0.3, -0.25) is 0 Å². The fourth-order valence-electron chi connectivity index (χ4n) is 4.06. The Hall–Kier alpha value is -3.94. The normalized spacial score (nSPS) is 11.0. The van der Waals surface area contributed by atoms with Crippen LogP contribution < -0.4 is 4.74 Å². The Morgan fingerprint density at radius 1 is 0.743 bits per heavy atom. The lowest BCUT2D eigenvalue weighted by Gasteiger charge is -2.11. The standard InChI is InChI=1S/C14H17NO3.C13H15NO3/c1-9(2)15-6-5-11-12(14(16)18-4)7-10(17-3)8-13(11)15;1-8(2)14-5-4-10-11(13(16)17-3)6-9(15)7-12(10)14/h5-9H,1-4H3;4-8,15H,1-3H3. The Kier molecular flexibility index (Phi) is 7.74. The zero-order chi connectivity index (χ0) is 25.9. The molecule has 2 aromatic carbocycles. The fraction of sp³-hybridized carbons (Fsp3) is 0.333. The Morgan fingerprint density at radius 3 is 1.63 bits per heavy atom. The second-order valence-corrected chi connectivity index (χ2v) is 8.65. The van der Waals surface area contributed by atoms with Crippen LogP contribution in [0.3, 0.4) is 0 Å². The third-order valence-corrected chi connectivity index (χ3v) is 5.79.